The highest BCUT2D eigenvalue weighted by molar-refractivity contribution is 7.85. The summed E-state index contributed by atoms with van der Waals surface area (Å²) in [4.78, 5) is 4.44. The van der Waals surface area contributed by atoms with Gasteiger partial charge in [0.2, 0.25) is 0 Å². The lowest BCUT2D eigenvalue weighted by molar-refractivity contribution is 0.473. The summed E-state index contributed by atoms with van der Waals surface area (Å²) in [6.07, 6.45) is 1.87. The molecule has 0 saturated heterocycles. The van der Waals surface area contributed by atoms with Crippen LogP contribution in [-0.4, -0.2) is 42.7 Å². The number of benzene rings is 1. The van der Waals surface area contributed by atoms with Crippen molar-refractivity contribution in [2.24, 2.45) is 4.99 Å². The molecule has 0 aromatic heterocycles. The Labute approximate surface area is 137 Å². The predicted octanol–water partition coefficient (Wildman–Crippen LogP) is 1.67. The molecule has 0 bridgehead atoms. The van der Waals surface area contributed by atoms with Gasteiger partial charge in [-0.05, 0) is 26.3 Å². The van der Waals surface area contributed by atoms with Crippen LogP contribution in [0.15, 0.2) is 41.4 Å². The number of aliphatic imine (C=N–C) groups is 1. The second kappa shape index (κ2) is 6.72. The topological polar surface area (TPSA) is 90.8 Å². The van der Waals surface area contributed by atoms with E-state index in [0.29, 0.717) is 5.84 Å². The normalized spacial score (nSPS) is 19.2. The van der Waals surface area contributed by atoms with Gasteiger partial charge in [-0.2, -0.15) is 8.42 Å². The minimum absolute atomic E-state index is 0.167. The first-order chi connectivity index (χ1) is 10.6. The second-order valence-electron chi connectivity index (χ2n) is 6.61. The molecule has 1 atom stereocenters. The molecule has 1 aliphatic heterocycles. The Morgan fingerprint density at radius 1 is 1.30 bits per heavy atom. The van der Waals surface area contributed by atoms with Crippen LogP contribution in [0, 0.1) is 0 Å². The van der Waals surface area contributed by atoms with E-state index in [-0.39, 0.29) is 17.8 Å². The van der Waals surface area contributed by atoms with Gasteiger partial charge in [0.25, 0.3) is 10.1 Å². The van der Waals surface area contributed by atoms with Crippen LogP contribution in [0.1, 0.15) is 26.3 Å². The molecule has 7 heteroatoms. The van der Waals surface area contributed by atoms with Gasteiger partial charge in [0.15, 0.2) is 0 Å². The molecule has 0 saturated carbocycles. The standard InChI is InChI=1S/C16H23N3O3S/c1-16(2,3)19-15-9-14(12-7-5-4-6-8-12)18-13(10-17-15)11-23(20,21)22/h4-9,13,18H,10-11H2,1-3H3,(H,17,19)(H,20,21,22). The van der Waals surface area contributed by atoms with Crippen molar-refractivity contribution < 1.29 is 13.0 Å². The van der Waals surface area contributed by atoms with Gasteiger partial charge in [0.1, 0.15) is 5.84 Å². The van der Waals surface area contributed by atoms with Gasteiger partial charge in [-0.15, -0.1) is 0 Å². The Kier molecular flexibility index (Phi) is 5.11. The molecule has 1 heterocycles. The first-order valence-electron chi connectivity index (χ1n) is 7.44. The quantitative estimate of drug-likeness (QED) is 0.730. The summed E-state index contributed by atoms with van der Waals surface area (Å²) in [6.45, 7) is 6.34. The molecule has 0 spiro atoms. The second-order valence-corrected chi connectivity index (χ2v) is 8.11. The molecule has 1 aliphatic rings. The largest absolute Gasteiger partial charge is 0.379 e. The highest BCUT2D eigenvalue weighted by atomic mass is 32.2. The van der Waals surface area contributed by atoms with Crippen LogP contribution < -0.4 is 10.6 Å². The zero-order valence-corrected chi connectivity index (χ0v) is 14.4. The fourth-order valence-electron chi connectivity index (χ4n) is 2.29. The first-order valence-corrected chi connectivity index (χ1v) is 9.05. The maximum Gasteiger partial charge on any atom is 0.266 e. The number of amidine groups is 1. The summed E-state index contributed by atoms with van der Waals surface area (Å²) < 4.78 is 31.5. The molecule has 0 fully saturated rings. The summed E-state index contributed by atoms with van der Waals surface area (Å²) in [7, 11) is -4.08. The molecule has 0 amide bonds. The Hall–Kier alpha value is -1.86. The minimum Gasteiger partial charge on any atom is -0.379 e. The van der Waals surface area contributed by atoms with Crippen LogP contribution in [0.3, 0.4) is 0 Å². The highest BCUT2D eigenvalue weighted by Crippen LogP contribution is 2.15. The van der Waals surface area contributed by atoms with E-state index in [4.69, 9.17) is 4.55 Å². The minimum atomic E-state index is -4.08. The van der Waals surface area contributed by atoms with Gasteiger partial charge in [0.05, 0.1) is 18.3 Å². The summed E-state index contributed by atoms with van der Waals surface area (Å²) in [5.74, 6) is 0.297. The third-order valence-electron chi connectivity index (χ3n) is 3.12. The van der Waals surface area contributed by atoms with Gasteiger partial charge >= 0.3 is 0 Å². The van der Waals surface area contributed by atoms with Gasteiger partial charge in [0, 0.05) is 17.3 Å². The lowest BCUT2D eigenvalue weighted by Crippen LogP contribution is -2.40. The van der Waals surface area contributed by atoms with E-state index in [9.17, 15) is 8.42 Å². The zero-order valence-electron chi connectivity index (χ0n) is 13.6. The van der Waals surface area contributed by atoms with Crippen LogP contribution in [0.5, 0.6) is 0 Å². The fourth-order valence-corrected chi connectivity index (χ4v) is 2.99. The van der Waals surface area contributed by atoms with Gasteiger partial charge in [-0.1, -0.05) is 30.3 Å². The van der Waals surface area contributed by atoms with E-state index in [2.05, 4.69) is 15.6 Å². The van der Waals surface area contributed by atoms with Crippen LogP contribution in [-0.2, 0) is 10.1 Å². The Morgan fingerprint density at radius 2 is 1.96 bits per heavy atom. The molecule has 23 heavy (non-hydrogen) atoms. The Balaban J connectivity index is 2.33. The number of rotatable bonds is 3. The van der Waals surface area contributed by atoms with Gasteiger partial charge in [-0.3, -0.25) is 9.55 Å². The highest BCUT2D eigenvalue weighted by Gasteiger charge is 2.22. The third-order valence-corrected chi connectivity index (χ3v) is 3.95. The smallest absolute Gasteiger partial charge is 0.266 e. The first kappa shape index (κ1) is 17.5. The zero-order chi connectivity index (χ0) is 17.1. The average molecular weight is 337 g/mol. The predicted molar refractivity (Wildman–Crippen MR) is 92.9 cm³/mol. The molecule has 1 aromatic carbocycles. The lowest BCUT2D eigenvalue weighted by Gasteiger charge is -2.22. The molecule has 2 rings (SSSR count). The maximum absolute atomic E-state index is 11.2. The van der Waals surface area contributed by atoms with E-state index in [1.165, 1.54) is 0 Å². The van der Waals surface area contributed by atoms with Gasteiger partial charge in [-0.25, -0.2) is 0 Å². The van der Waals surface area contributed by atoms with Crippen LogP contribution in [0.4, 0.5) is 0 Å². The van der Waals surface area contributed by atoms with Crippen molar-refractivity contribution in [1.82, 2.24) is 10.6 Å². The molecule has 1 unspecified atom stereocenters. The maximum atomic E-state index is 11.2. The Morgan fingerprint density at radius 3 is 2.52 bits per heavy atom. The monoisotopic (exact) mass is 337 g/mol. The number of nitrogens with one attached hydrogen (secondary N) is 2. The molecule has 3 N–H and O–H groups in total. The number of nitrogens with zero attached hydrogens (tertiary/aromatic N) is 1. The number of hydrogen-bond donors (Lipinski definition) is 3. The Bertz CT molecular complexity index is 704. The summed E-state index contributed by atoms with van der Waals surface area (Å²) in [6, 6.07) is 9.12. The van der Waals surface area contributed by atoms with Crippen molar-refractivity contribution in [3.63, 3.8) is 0 Å². The van der Waals surface area contributed by atoms with E-state index < -0.39 is 16.2 Å². The van der Waals surface area contributed by atoms with Crippen molar-refractivity contribution in [1.29, 1.82) is 0 Å². The fraction of sp³-hybridized carbons (Fsp3) is 0.438. The van der Waals surface area contributed by atoms with Crippen molar-refractivity contribution in [2.75, 3.05) is 12.3 Å². The van der Waals surface area contributed by atoms with Crippen molar-refractivity contribution >= 4 is 21.7 Å². The third kappa shape index (κ3) is 6.03. The van der Waals surface area contributed by atoms with Gasteiger partial charge < -0.3 is 10.6 Å². The SMILES string of the molecule is CC(C)(C)NC1=NCC(CS(=O)(=O)O)NC(c2ccccc2)=C1. The van der Waals surface area contributed by atoms with E-state index >= 15 is 0 Å². The van der Waals surface area contributed by atoms with Crippen LogP contribution in [0.2, 0.25) is 0 Å². The summed E-state index contributed by atoms with van der Waals surface area (Å²) >= 11 is 0. The molecular weight excluding hydrogens is 314 g/mol. The van der Waals surface area contributed by atoms with Crippen molar-refractivity contribution in [3.05, 3.63) is 42.0 Å². The van der Waals surface area contributed by atoms with Crippen molar-refractivity contribution in [3.8, 4) is 0 Å². The van der Waals surface area contributed by atoms with Crippen LogP contribution in [0.25, 0.3) is 5.70 Å². The molecular formula is C16H23N3O3S. The van der Waals surface area contributed by atoms with E-state index in [1.54, 1.807) is 0 Å². The average Bonchev–Trinajstić information content (AvgIpc) is 2.59. The van der Waals surface area contributed by atoms with Crippen LogP contribution >= 0.6 is 0 Å². The van der Waals surface area contributed by atoms with E-state index in [1.807, 2.05) is 57.2 Å². The molecule has 0 radical (unpaired) electrons. The number of hydrogen-bond acceptors (Lipinski definition) is 5. The molecule has 0 aliphatic carbocycles. The molecule has 126 valence electrons. The van der Waals surface area contributed by atoms with E-state index in [0.717, 1.165) is 11.3 Å². The van der Waals surface area contributed by atoms with Crippen molar-refractivity contribution in [2.45, 2.75) is 32.4 Å². The summed E-state index contributed by atoms with van der Waals surface area (Å²) in [5, 5.41) is 6.47. The summed E-state index contributed by atoms with van der Waals surface area (Å²) in [5.41, 5.74) is 1.53. The molecule has 6 nitrogen and oxygen atoms in total. The lowest BCUT2D eigenvalue weighted by atomic mass is 10.1. The molecule has 1 aromatic rings.